The lowest BCUT2D eigenvalue weighted by Crippen LogP contribution is -2.07. The molecule has 0 amide bonds. The fourth-order valence-electron chi connectivity index (χ4n) is 3.17. The number of hydrogen-bond donors (Lipinski definition) is 3. The number of para-hydroxylation sites is 1. The molecule has 0 spiro atoms. The number of fused-ring (bicyclic) bond motifs is 1. The molecule has 0 saturated carbocycles. The Morgan fingerprint density at radius 2 is 1.72 bits per heavy atom. The van der Waals surface area contributed by atoms with Gasteiger partial charge in [-0.25, -0.2) is 9.97 Å². The van der Waals surface area contributed by atoms with Crippen LogP contribution in [0.4, 0.5) is 17.3 Å². The summed E-state index contributed by atoms with van der Waals surface area (Å²) in [5.74, 6) is 1.47. The van der Waals surface area contributed by atoms with Gasteiger partial charge in [0.2, 0.25) is 0 Å². The normalized spacial score (nSPS) is 11.5. The van der Waals surface area contributed by atoms with E-state index >= 15 is 0 Å². The maximum absolute atomic E-state index is 12.1. The number of benzene rings is 2. The zero-order valence-electron chi connectivity index (χ0n) is 16.5. The molecule has 0 aliphatic heterocycles. The Morgan fingerprint density at radius 1 is 0.966 bits per heavy atom. The Labute approximate surface area is 170 Å². The largest absolute Gasteiger partial charge is 0.370 e. The summed E-state index contributed by atoms with van der Waals surface area (Å²) in [4.78, 5) is 12.0. The fraction of sp³-hybridized carbons (Fsp3) is 0.182. The van der Waals surface area contributed by atoms with E-state index in [1.165, 1.54) is 17.4 Å². The van der Waals surface area contributed by atoms with Gasteiger partial charge in [0.1, 0.15) is 25.1 Å². The van der Waals surface area contributed by atoms with E-state index in [-0.39, 0.29) is 0 Å². The lowest BCUT2D eigenvalue weighted by Gasteiger charge is -2.10. The summed E-state index contributed by atoms with van der Waals surface area (Å²) in [6.45, 7) is 4.31. The molecular weight excluding hydrogens is 381 g/mol. The highest BCUT2D eigenvalue weighted by molar-refractivity contribution is 7.70. The van der Waals surface area contributed by atoms with Crippen molar-refractivity contribution < 1.29 is 4.57 Å². The van der Waals surface area contributed by atoms with E-state index < -0.39 is 7.14 Å². The minimum atomic E-state index is -2.24. The first-order valence-electron chi connectivity index (χ1n) is 9.52. The summed E-state index contributed by atoms with van der Waals surface area (Å²) < 4.78 is 12.1. The fourth-order valence-corrected chi connectivity index (χ4v) is 4.03. The van der Waals surface area contributed by atoms with Crippen molar-refractivity contribution in [2.24, 2.45) is 0 Å². The maximum atomic E-state index is 12.1. The number of rotatable bonds is 7. The van der Waals surface area contributed by atoms with Crippen LogP contribution in [0.1, 0.15) is 5.69 Å². The number of aromatic nitrogens is 3. The summed E-state index contributed by atoms with van der Waals surface area (Å²) in [5, 5.41) is 8.70. The zero-order valence-corrected chi connectivity index (χ0v) is 17.4. The zero-order chi connectivity index (χ0) is 20.3. The minimum Gasteiger partial charge on any atom is -0.370 e. The Hall–Kier alpha value is -3.11. The molecule has 148 valence electrons. The first kappa shape index (κ1) is 19.2. The Kier molecular flexibility index (Phi) is 5.36. The van der Waals surface area contributed by atoms with Crippen LogP contribution in [-0.2, 0) is 11.0 Å². The molecule has 3 N–H and O–H groups in total. The second-order valence-electron chi connectivity index (χ2n) is 7.37. The molecule has 6 nitrogen and oxygen atoms in total. The van der Waals surface area contributed by atoms with Gasteiger partial charge in [0, 0.05) is 41.2 Å². The van der Waals surface area contributed by atoms with Crippen LogP contribution in [-0.4, -0.2) is 34.8 Å². The van der Waals surface area contributed by atoms with E-state index in [1.54, 1.807) is 13.3 Å². The molecule has 0 saturated heterocycles. The van der Waals surface area contributed by atoms with Crippen LogP contribution in [0.25, 0.3) is 10.9 Å². The number of H-pyrrole nitrogens is 1. The predicted molar refractivity (Wildman–Crippen MR) is 121 cm³/mol. The Bertz CT molecular complexity index is 1130. The molecular formula is C22H24N5OP. The third kappa shape index (κ3) is 4.84. The standard InChI is InChI=1S/C22H24N5OP/c1-29(2,28)19-9-7-17(8-10-19)27-22-14-21(24-15-25-22)23-12-11-18-13-16-5-3-4-6-20(16)26-18/h3-10,13-15,26H,11-12H2,1-2H3,(H2,23,24,25,27). The predicted octanol–water partition coefficient (Wildman–Crippen LogP) is 4.60. The van der Waals surface area contributed by atoms with Crippen molar-refractivity contribution in [3.05, 3.63) is 72.7 Å². The van der Waals surface area contributed by atoms with Crippen molar-refractivity contribution in [2.45, 2.75) is 6.42 Å². The van der Waals surface area contributed by atoms with Crippen LogP contribution in [0, 0.1) is 0 Å². The molecule has 0 fully saturated rings. The van der Waals surface area contributed by atoms with Crippen molar-refractivity contribution in [1.82, 2.24) is 15.0 Å². The lowest BCUT2D eigenvalue weighted by molar-refractivity contribution is 0.588. The van der Waals surface area contributed by atoms with Gasteiger partial charge in [-0.2, -0.15) is 0 Å². The van der Waals surface area contributed by atoms with Gasteiger partial charge in [-0.3, -0.25) is 0 Å². The average Bonchev–Trinajstić information content (AvgIpc) is 3.11. The summed E-state index contributed by atoms with van der Waals surface area (Å²) in [5.41, 5.74) is 3.24. The smallest absolute Gasteiger partial charge is 0.135 e. The molecule has 7 heteroatoms. The van der Waals surface area contributed by atoms with Gasteiger partial charge in [0.05, 0.1) is 0 Å². The monoisotopic (exact) mass is 405 g/mol. The highest BCUT2D eigenvalue weighted by Gasteiger charge is 2.10. The quantitative estimate of drug-likeness (QED) is 0.391. The van der Waals surface area contributed by atoms with Crippen molar-refractivity contribution >= 4 is 40.7 Å². The Balaban J connectivity index is 1.36. The van der Waals surface area contributed by atoms with Gasteiger partial charge >= 0.3 is 0 Å². The number of anilines is 3. The van der Waals surface area contributed by atoms with E-state index in [0.717, 1.165) is 35.3 Å². The van der Waals surface area contributed by atoms with Crippen molar-refractivity contribution in [3.8, 4) is 0 Å². The number of hydrogen-bond acceptors (Lipinski definition) is 5. The molecule has 0 aliphatic carbocycles. The highest BCUT2D eigenvalue weighted by atomic mass is 31.2. The van der Waals surface area contributed by atoms with Gasteiger partial charge in [0.25, 0.3) is 0 Å². The van der Waals surface area contributed by atoms with Gasteiger partial charge < -0.3 is 20.2 Å². The summed E-state index contributed by atoms with van der Waals surface area (Å²) in [7, 11) is -2.24. The SMILES string of the molecule is CP(C)(=O)c1ccc(Nc2cc(NCCc3cc4ccccc4[nH]3)ncn2)cc1. The third-order valence-electron chi connectivity index (χ3n) is 4.71. The van der Waals surface area contributed by atoms with E-state index in [1.807, 2.05) is 42.5 Å². The van der Waals surface area contributed by atoms with Gasteiger partial charge in [-0.05, 0) is 55.1 Å². The molecule has 4 aromatic rings. The number of aromatic amines is 1. The second kappa shape index (κ2) is 8.10. The lowest BCUT2D eigenvalue weighted by atomic mass is 10.2. The molecule has 2 heterocycles. The van der Waals surface area contributed by atoms with Gasteiger partial charge in [-0.1, -0.05) is 18.2 Å². The van der Waals surface area contributed by atoms with E-state index in [9.17, 15) is 4.57 Å². The number of nitrogens with one attached hydrogen (secondary N) is 3. The number of nitrogens with zero attached hydrogens (tertiary/aromatic N) is 2. The second-order valence-corrected chi connectivity index (χ2v) is 10.6. The minimum absolute atomic E-state index is 0.706. The topological polar surface area (TPSA) is 82.7 Å². The van der Waals surface area contributed by atoms with Crippen molar-refractivity contribution in [3.63, 3.8) is 0 Å². The van der Waals surface area contributed by atoms with Gasteiger partial charge in [0.15, 0.2) is 0 Å². The van der Waals surface area contributed by atoms with Crippen molar-refractivity contribution in [2.75, 3.05) is 30.5 Å². The molecule has 0 bridgehead atoms. The average molecular weight is 405 g/mol. The summed E-state index contributed by atoms with van der Waals surface area (Å²) >= 11 is 0. The van der Waals surface area contributed by atoms with Crippen LogP contribution in [0.5, 0.6) is 0 Å². The van der Waals surface area contributed by atoms with Crippen LogP contribution in [0.15, 0.2) is 67.0 Å². The highest BCUT2D eigenvalue weighted by Crippen LogP contribution is 2.34. The Morgan fingerprint density at radius 3 is 2.48 bits per heavy atom. The first-order valence-corrected chi connectivity index (χ1v) is 12.1. The summed E-state index contributed by atoms with van der Waals surface area (Å²) in [6, 6.07) is 20.0. The molecule has 4 rings (SSSR count). The molecule has 0 atom stereocenters. The third-order valence-corrected chi connectivity index (χ3v) is 6.26. The molecule has 29 heavy (non-hydrogen) atoms. The van der Waals surface area contributed by atoms with E-state index in [0.29, 0.717) is 5.82 Å². The molecule has 0 radical (unpaired) electrons. The van der Waals surface area contributed by atoms with Crippen LogP contribution < -0.4 is 15.9 Å². The van der Waals surface area contributed by atoms with Crippen molar-refractivity contribution in [1.29, 1.82) is 0 Å². The summed E-state index contributed by atoms with van der Waals surface area (Å²) in [6.07, 6.45) is 2.41. The molecule has 2 aromatic carbocycles. The molecule has 0 aliphatic rings. The van der Waals surface area contributed by atoms with E-state index in [2.05, 4.69) is 43.8 Å². The maximum Gasteiger partial charge on any atom is 0.135 e. The molecule has 2 aromatic heterocycles. The van der Waals surface area contributed by atoms with Gasteiger partial charge in [-0.15, -0.1) is 0 Å². The van der Waals surface area contributed by atoms with Crippen LogP contribution in [0.2, 0.25) is 0 Å². The van der Waals surface area contributed by atoms with E-state index in [4.69, 9.17) is 0 Å². The van der Waals surface area contributed by atoms with Crippen LogP contribution in [0.3, 0.4) is 0 Å². The molecule has 0 unspecified atom stereocenters. The van der Waals surface area contributed by atoms with Crippen LogP contribution >= 0.6 is 7.14 Å². The first-order chi connectivity index (χ1) is 14.0.